The van der Waals surface area contributed by atoms with Gasteiger partial charge in [-0.2, -0.15) is 9.57 Å². The van der Waals surface area contributed by atoms with Crippen LogP contribution < -0.4 is 5.32 Å². The van der Waals surface area contributed by atoms with E-state index in [9.17, 15) is 8.42 Å². The molecule has 1 fully saturated rings. The van der Waals surface area contributed by atoms with Crippen LogP contribution in [-0.2, 0) is 10.0 Å². The van der Waals surface area contributed by atoms with Crippen molar-refractivity contribution in [1.29, 1.82) is 5.26 Å². The largest absolute Gasteiger partial charge is 0.315 e. The van der Waals surface area contributed by atoms with Crippen molar-refractivity contribution in [2.75, 3.05) is 20.1 Å². The molecular formula is C12H16N4O2S. The first-order valence-electron chi connectivity index (χ1n) is 6.11. The predicted octanol–water partition coefficient (Wildman–Crippen LogP) is 0.326. The van der Waals surface area contributed by atoms with Crippen molar-refractivity contribution in [3.05, 3.63) is 23.9 Å². The number of nitrogens with one attached hydrogen (secondary N) is 1. The van der Waals surface area contributed by atoms with Crippen LogP contribution in [0.1, 0.15) is 18.4 Å². The Hall–Kier alpha value is -1.49. The molecule has 2 rings (SSSR count). The Morgan fingerprint density at radius 2 is 2.37 bits per heavy atom. The fourth-order valence-corrected chi connectivity index (χ4v) is 3.59. The Labute approximate surface area is 113 Å². The van der Waals surface area contributed by atoms with Gasteiger partial charge in [-0.15, -0.1) is 0 Å². The summed E-state index contributed by atoms with van der Waals surface area (Å²) in [4.78, 5) is 3.86. The summed E-state index contributed by atoms with van der Waals surface area (Å²) in [7, 11) is -2.18. The van der Waals surface area contributed by atoms with Crippen molar-refractivity contribution in [2.45, 2.75) is 23.9 Å². The summed E-state index contributed by atoms with van der Waals surface area (Å²) >= 11 is 0. The highest BCUT2D eigenvalue weighted by molar-refractivity contribution is 7.89. The van der Waals surface area contributed by atoms with Crippen LogP contribution >= 0.6 is 0 Å². The average molecular weight is 280 g/mol. The third-order valence-corrected chi connectivity index (χ3v) is 5.17. The molecule has 1 atom stereocenters. The quantitative estimate of drug-likeness (QED) is 0.862. The Morgan fingerprint density at radius 1 is 1.58 bits per heavy atom. The van der Waals surface area contributed by atoms with Crippen LogP contribution in [-0.4, -0.2) is 43.9 Å². The Balaban J connectivity index is 2.34. The van der Waals surface area contributed by atoms with E-state index < -0.39 is 10.0 Å². The van der Waals surface area contributed by atoms with Crippen molar-refractivity contribution in [3.8, 4) is 6.07 Å². The highest BCUT2D eigenvalue weighted by Crippen LogP contribution is 2.20. The van der Waals surface area contributed by atoms with Gasteiger partial charge in [-0.3, -0.25) is 0 Å². The molecule has 1 aromatic rings. The van der Waals surface area contributed by atoms with E-state index in [0.29, 0.717) is 6.54 Å². The highest BCUT2D eigenvalue weighted by Gasteiger charge is 2.31. The zero-order valence-corrected chi connectivity index (χ0v) is 11.5. The minimum atomic E-state index is -3.72. The van der Waals surface area contributed by atoms with Crippen LogP contribution in [0.4, 0.5) is 0 Å². The van der Waals surface area contributed by atoms with E-state index in [1.807, 2.05) is 6.07 Å². The number of aromatic nitrogens is 1. The summed E-state index contributed by atoms with van der Waals surface area (Å²) in [5.74, 6) is 0. The minimum Gasteiger partial charge on any atom is -0.315 e. The Kier molecular flexibility index (Phi) is 4.14. The number of piperidine rings is 1. The second-order valence-electron chi connectivity index (χ2n) is 4.49. The molecule has 102 valence electrons. The standard InChI is InChI=1S/C12H16N4O2S/c1-16(11-5-3-6-14-9-11)19(17,18)12-10(8-13)4-2-7-15-12/h2,4,7,11,14H,3,5-6,9H2,1H3/t11-/m0/s1. The van der Waals surface area contributed by atoms with Gasteiger partial charge in [0.25, 0.3) is 10.0 Å². The molecular weight excluding hydrogens is 264 g/mol. The Bertz CT molecular complexity index is 588. The fraction of sp³-hybridized carbons (Fsp3) is 0.500. The summed E-state index contributed by atoms with van der Waals surface area (Å²) in [5.41, 5.74) is 0.0816. The minimum absolute atomic E-state index is 0.0816. The van der Waals surface area contributed by atoms with Gasteiger partial charge in [0.05, 0.1) is 5.56 Å². The lowest BCUT2D eigenvalue weighted by atomic mass is 10.1. The lowest BCUT2D eigenvalue weighted by molar-refractivity contribution is 0.299. The number of nitriles is 1. The molecule has 0 unspecified atom stereocenters. The lowest BCUT2D eigenvalue weighted by Crippen LogP contribution is -2.46. The second kappa shape index (κ2) is 5.65. The van der Waals surface area contributed by atoms with E-state index in [0.717, 1.165) is 19.4 Å². The summed E-state index contributed by atoms with van der Waals surface area (Å²) in [6.07, 6.45) is 3.15. The molecule has 0 amide bonds. The SMILES string of the molecule is CN([C@H]1CCCNC1)S(=O)(=O)c1ncccc1C#N. The molecule has 0 bridgehead atoms. The van der Waals surface area contributed by atoms with E-state index in [1.54, 1.807) is 13.1 Å². The molecule has 0 aliphatic carbocycles. The van der Waals surface area contributed by atoms with Crippen LogP contribution in [0.5, 0.6) is 0 Å². The normalized spacial score (nSPS) is 20.2. The maximum Gasteiger partial charge on any atom is 0.261 e. The summed E-state index contributed by atoms with van der Waals surface area (Å²) in [5, 5.41) is 12.0. The van der Waals surface area contributed by atoms with Gasteiger partial charge in [0.1, 0.15) is 6.07 Å². The molecule has 0 radical (unpaired) electrons. The number of pyridine rings is 1. The number of hydrogen-bond donors (Lipinski definition) is 1. The Morgan fingerprint density at radius 3 is 3.00 bits per heavy atom. The van der Waals surface area contributed by atoms with Gasteiger partial charge in [-0.25, -0.2) is 13.4 Å². The number of rotatable bonds is 3. The molecule has 1 saturated heterocycles. The molecule has 1 aliphatic rings. The smallest absolute Gasteiger partial charge is 0.261 e. The zero-order valence-electron chi connectivity index (χ0n) is 10.7. The van der Waals surface area contributed by atoms with Crippen LogP contribution in [0.15, 0.2) is 23.4 Å². The molecule has 6 nitrogen and oxygen atoms in total. The van der Waals surface area contributed by atoms with Gasteiger partial charge in [0.15, 0.2) is 5.03 Å². The topological polar surface area (TPSA) is 86.1 Å². The summed E-state index contributed by atoms with van der Waals surface area (Å²) in [6.45, 7) is 1.54. The number of hydrogen-bond acceptors (Lipinski definition) is 5. The zero-order chi connectivity index (χ0) is 13.9. The lowest BCUT2D eigenvalue weighted by Gasteiger charge is -2.30. The molecule has 2 heterocycles. The van der Waals surface area contributed by atoms with Gasteiger partial charge in [-0.1, -0.05) is 0 Å². The molecule has 1 aromatic heterocycles. The molecule has 7 heteroatoms. The number of nitrogens with zero attached hydrogens (tertiary/aromatic N) is 3. The molecule has 1 N–H and O–H groups in total. The second-order valence-corrected chi connectivity index (χ2v) is 6.40. The first-order valence-corrected chi connectivity index (χ1v) is 7.55. The summed E-state index contributed by atoms with van der Waals surface area (Å²) in [6, 6.07) is 4.81. The fourth-order valence-electron chi connectivity index (χ4n) is 2.16. The van der Waals surface area contributed by atoms with E-state index >= 15 is 0 Å². The number of sulfonamides is 1. The van der Waals surface area contributed by atoms with Gasteiger partial charge < -0.3 is 5.32 Å². The van der Waals surface area contributed by atoms with E-state index in [-0.39, 0.29) is 16.6 Å². The van der Waals surface area contributed by atoms with E-state index in [4.69, 9.17) is 5.26 Å². The van der Waals surface area contributed by atoms with Gasteiger partial charge >= 0.3 is 0 Å². The van der Waals surface area contributed by atoms with Crippen LogP contribution in [0.3, 0.4) is 0 Å². The molecule has 0 aromatic carbocycles. The average Bonchev–Trinajstić information content (AvgIpc) is 2.47. The van der Waals surface area contributed by atoms with E-state index in [2.05, 4.69) is 10.3 Å². The monoisotopic (exact) mass is 280 g/mol. The first-order chi connectivity index (χ1) is 9.07. The maximum atomic E-state index is 12.5. The van der Waals surface area contributed by atoms with Crippen molar-refractivity contribution in [1.82, 2.24) is 14.6 Å². The third kappa shape index (κ3) is 2.76. The van der Waals surface area contributed by atoms with Gasteiger partial charge in [0, 0.05) is 25.8 Å². The van der Waals surface area contributed by atoms with Gasteiger partial charge in [-0.05, 0) is 31.5 Å². The number of likely N-dealkylation sites (N-methyl/N-ethyl adjacent to an activating group) is 1. The first kappa shape index (κ1) is 13.9. The van der Waals surface area contributed by atoms with Gasteiger partial charge in [0.2, 0.25) is 0 Å². The molecule has 1 aliphatic heterocycles. The van der Waals surface area contributed by atoms with Crippen molar-refractivity contribution in [2.24, 2.45) is 0 Å². The summed E-state index contributed by atoms with van der Waals surface area (Å²) < 4.78 is 26.3. The molecule has 0 saturated carbocycles. The van der Waals surface area contributed by atoms with Crippen molar-refractivity contribution in [3.63, 3.8) is 0 Å². The highest BCUT2D eigenvalue weighted by atomic mass is 32.2. The van der Waals surface area contributed by atoms with Crippen molar-refractivity contribution >= 4 is 10.0 Å². The molecule has 19 heavy (non-hydrogen) atoms. The maximum absolute atomic E-state index is 12.5. The van der Waals surface area contributed by atoms with E-state index in [1.165, 1.54) is 16.6 Å². The third-order valence-electron chi connectivity index (χ3n) is 3.30. The molecule has 0 spiro atoms. The van der Waals surface area contributed by atoms with Crippen LogP contribution in [0.2, 0.25) is 0 Å². The van der Waals surface area contributed by atoms with Crippen LogP contribution in [0, 0.1) is 11.3 Å². The predicted molar refractivity (Wildman–Crippen MR) is 69.8 cm³/mol. The van der Waals surface area contributed by atoms with Crippen molar-refractivity contribution < 1.29 is 8.42 Å². The van der Waals surface area contributed by atoms with Crippen LogP contribution in [0.25, 0.3) is 0 Å².